The van der Waals surface area contributed by atoms with Gasteiger partial charge in [-0.25, -0.2) is 4.79 Å². The van der Waals surface area contributed by atoms with Gasteiger partial charge in [0.2, 0.25) is 0 Å². The van der Waals surface area contributed by atoms with Crippen LogP contribution in [0.2, 0.25) is 0 Å². The second-order valence-electron chi connectivity index (χ2n) is 5.15. The Hall–Kier alpha value is -2.41. The fourth-order valence-corrected chi connectivity index (χ4v) is 2.76. The quantitative estimate of drug-likeness (QED) is 0.440. The standard InChI is InChI=1S/C17H17BrN2O4/c1-24-17(21)16(20(22)23)11-15(12-7-3-2-4-8-12)19-14-10-6-5-9-13(14)18/h2-10,15-16,19H,11H2,1H3/t15-,16?/m0/s1. The summed E-state index contributed by atoms with van der Waals surface area (Å²) in [5.74, 6) is -0.852. The maximum atomic E-state index is 11.7. The molecule has 0 amide bonds. The summed E-state index contributed by atoms with van der Waals surface area (Å²) >= 11 is 3.45. The van der Waals surface area contributed by atoms with Crippen molar-refractivity contribution in [3.05, 3.63) is 74.7 Å². The van der Waals surface area contributed by atoms with Crippen LogP contribution in [0.4, 0.5) is 5.69 Å². The number of nitro groups is 1. The van der Waals surface area contributed by atoms with Gasteiger partial charge in [0.15, 0.2) is 0 Å². The van der Waals surface area contributed by atoms with E-state index in [1.54, 1.807) is 0 Å². The van der Waals surface area contributed by atoms with E-state index in [4.69, 9.17) is 0 Å². The van der Waals surface area contributed by atoms with Crippen LogP contribution < -0.4 is 5.32 Å². The van der Waals surface area contributed by atoms with Crippen LogP contribution in [0.25, 0.3) is 0 Å². The Morgan fingerprint density at radius 3 is 2.42 bits per heavy atom. The summed E-state index contributed by atoms with van der Waals surface area (Å²) in [4.78, 5) is 22.4. The molecule has 0 aromatic heterocycles. The number of nitrogens with zero attached hydrogens (tertiary/aromatic N) is 1. The molecule has 2 rings (SSSR count). The van der Waals surface area contributed by atoms with E-state index in [0.717, 1.165) is 22.8 Å². The first-order valence-electron chi connectivity index (χ1n) is 7.30. The average Bonchev–Trinajstić information content (AvgIpc) is 2.60. The molecule has 0 aliphatic carbocycles. The van der Waals surface area contributed by atoms with E-state index in [1.165, 1.54) is 0 Å². The summed E-state index contributed by atoms with van der Waals surface area (Å²) in [6.07, 6.45) is -0.0228. The Labute approximate surface area is 148 Å². The van der Waals surface area contributed by atoms with Crippen LogP contribution in [0.5, 0.6) is 0 Å². The van der Waals surface area contributed by atoms with Gasteiger partial charge >= 0.3 is 12.0 Å². The largest absolute Gasteiger partial charge is 0.464 e. The van der Waals surface area contributed by atoms with Crippen molar-refractivity contribution >= 4 is 27.6 Å². The highest BCUT2D eigenvalue weighted by atomic mass is 79.9. The number of carbonyl (C=O) groups excluding carboxylic acids is 1. The third kappa shape index (κ3) is 4.55. The van der Waals surface area contributed by atoms with Crippen LogP contribution in [0.3, 0.4) is 0 Å². The summed E-state index contributed by atoms with van der Waals surface area (Å²) in [7, 11) is 1.15. The smallest absolute Gasteiger partial charge is 0.381 e. The minimum absolute atomic E-state index is 0.0228. The van der Waals surface area contributed by atoms with Gasteiger partial charge in [-0.2, -0.15) is 0 Å². The third-order valence-corrected chi connectivity index (χ3v) is 4.28. The number of halogens is 1. The van der Waals surface area contributed by atoms with E-state index in [2.05, 4.69) is 26.0 Å². The van der Waals surface area contributed by atoms with Crippen LogP contribution in [0.1, 0.15) is 18.0 Å². The summed E-state index contributed by atoms with van der Waals surface area (Å²) in [6, 6.07) is 14.9. The Morgan fingerprint density at radius 1 is 1.21 bits per heavy atom. The van der Waals surface area contributed by atoms with Crippen molar-refractivity contribution in [3.8, 4) is 0 Å². The number of hydrogen-bond donors (Lipinski definition) is 1. The lowest BCUT2D eigenvalue weighted by Crippen LogP contribution is -2.34. The van der Waals surface area contributed by atoms with Crippen LogP contribution in [-0.4, -0.2) is 24.0 Å². The molecule has 2 aromatic rings. The van der Waals surface area contributed by atoms with Crippen molar-refractivity contribution in [2.45, 2.75) is 18.5 Å². The van der Waals surface area contributed by atoms with Gasteiger partial charge in [-0.1, -0.05) is 42.5 Å². The Balaban J connectivity index is 2.31. The summed E-state index contributed by atoms with van der Waals surface area (Å²) in [6.45, 7) is 0. The molecule has 0 saturated carbocycles. The lowest BCUT2D eigenvalue weighted by Gasteiger charge is -2.22. The van der Waals surface area contributed by atoms with Gasteiger partial charge in [0.1, 0.15) is 0 Å². The molecule has 0 saturated heterocycles. The predicted molar refractivity (Wildman–Crippen MR) is 94.4 cm³/mol. The minimum Gasteiger partial charge on any atom is -0.464 e. The molecule has 0 radical (unpaired) electrons. The van der Waals surface area contributed by atoms with Crippen LogP contribution in [0, 0.1) is 10.1 Å². The second-order valence-corrected chi connectivity index (χ2v) is 6.00. The van der Waals surface area contributed by atoms with Crippen molar-refractivity contribution in [1.82, 2.24) is 0 Å². The van der Waals surface area contributed by atoms with Gasteiger partial charge in [0.05, 0.1) is 19.6 Å². The SMILES string of the molecule is COC(=O)C(C[C@H](Nc1ccccc1Br)c1ccccc1)[N+](=O)[O-]. The zero-order chi connectivity index (χ0) is 17.5. The predicted octanol–water partition coefficient (Wildman–Crippen LogP) is 3.81. The summed E-state index contributed by atoms with van der Waals surface area (Å²) in [5, 5.41) is 14.5. The fourth-order valence-electron chi connectivity index (χ4n) is 2.36. The van der Waals surface area contributed by atoms with E-state index < -0.39 is 23.0 Å². The van der Waals surface area contributed by atoms with Crippen molar-refractivity contribution in [1.29, 1.82) is 0 Å². The Kier molecular flexibility index (Phi) is 6.31. The van der Waals surface area contributed by atoms with Crippen molar-refractivity contribution in [2.24, 2.45) is 0 Å². The van der Waals surface area contributed by atoms with Gasteiger partial charge in [-0.15, -0.1) is 0 Å². The molecule has 7 heteroatoms. The first kappa shape index (κ1) is 17.9. The highest BCUT2D eigenvalue weighted by Crippen LogP contribution is 2.29. The molecule has 6 nitrogen and oxygen atoms in total. The van der Waals surface area contributed by atoms with Gasteiger partial charge in [0, 0.05) is 15.1 Å². The zero-order valence-corrected chi connectivity index (χ0v) is 14.6. The maximum absolute atomic E-state index is 11.7. The normalized spacial score (nSPS) is 12.9. The topological polar surface area (TPSA) is 81.5 Å². The monoisotopic (exact) mass is 392 g/mol. The number of rotatable bonds is 7. The molecule has 24 heavy (non-hydrogen) atoms. The van der Waals surface area contributed by atoms with Crippen molar-refractivity contribution < 1.29 is 14.5 Å². The zero-order valence-electron chi connectivity index (χ0n) is 13.0. The van der Waals surface area contributed by atoms with Crippen molar-refractivity contribution in [2.75, 3.05) is 12.4 Å². The van der Waals surface area contributed by atoms with E-state index in [9.17, 15) is 14.9 Å². The number of carbonyl (C=O) groups is 1. The van der Waals surface area contributed by atoms with E-state index >= 15 is 0 Å². The molecule has 2 atom stereocenters. The van der Waals surface area contributed by atoms with Crippen LogP contribution >= 0.6 is 15.9 Å². The molecular formula is C17H17BrN2O4. The number of methoxy groups -OCH3 is 1. The third-order valence-electron chi connectivity index (χ3n) is 3.59. The van der Waals surface area contributed by atoms with E-state index in [-0.39, 0.29) is 6.42 Å². The number of ether oxygens (including phenoxy) is 1. The van der Waals surface area contributed by atoms with Gasteiger partial charge in [-0.3, -0.25) is 10.1 Å². The lowest BCUT2D eigenvalue weighted by atomic mass is 9.99. The highest BCUT2D eigenvalue weighted by molar-refractivity contribution is 9.10. The van der Waals surface area contributed by atoms with E-state index in [0.29, 0.717) is 0 Å². The lowest BCUT2D eigenvalue weighted by molar-refractivity contribution is -0.511. The Morgan fingerprint density at radius 2 is 1.83 bits per heavy atom. The molecule has 0 fully saturated rings. The first-order valence-corrected chi connectivity index (χ1v) is 8.09. The molecule has 0 spiro atoms. The molecule has 1 unspecified atom stereocenters. The summed E-state index contributed by atoms with van der Waals surface area (Å²) < 4.78 is 5.40. The van der Waals surface area contributed by atoms with Gasteiger partial charge in [0.25, 0.3) is 0 Å². The number of hydrogen-bond acceptors (Lipinski definition) is 5. The number of nitrogens with one attached hydrogen (secondary N) is 1. The first-order chi connectivity index (χ1) is 11.5. The van der Waals surface area contributed by atoms with Crippen LogP contribution in [0.15, 0.2) is 59.1 Å². The average molecular weight is 393 g/mol. The number of esters is 1. The molecule has 0 aliphatic rings. The molecule has 0 aliphatic heterocycles. The molecular weight excluding hydrogens is 376 g/mol. The summed E-state index contributed by atoms with van der Waals surface area (Å²) in [5.41, 5.74) is 1.64. The molecule has 0 heterocycles. The van der Waals surface area contributed by atoms with Crippen molar-refractivity contribution in [3.63, 3.8) is 0 Å². The number of para-hydroxylation sites is 1. The van der Waals surface area contributed by atoms with Gasteiger partial charge in [-0.05, 0) is 33.6 Å². The maximum Gasteiger partial charge on any atom is 0.381 e. The minimum atomic E-state index is -1.44. The Bertz CT molecular complexity index is 709. The van der Waals surface area contributed by atoms with Gasteiger partial charge < -0.3 is 10.1 Å². The fraction of sp³-hybridized carbons (Fsp3) is 0.235. The van der Waals surface area contributed by atoms with E-state index in [1.807, 2.05) is 54.6 Å². The molecule has 1 N–H and O–H groups in total. The molecule has 0 bridgehead atoms. The molecule has 2 aromatic carbocycles. The van der Waals surface area contributed by atoms with Crippen LogP contribution in [-0.2, 0) is 9.53 Å². The second kappa shape index (κ2) is 8.44. The number of anilines is 1. The molecule has 126 valence electrons. The highest BCUT2D eigenvalue weighted by Gasteiger charge is 2.34. The number of benzene rings is 2.